The van der Waals surface area contributed by atoms with Crippen LogP contribution in [0.25, 0.3) is 0 Å². The van der Waals surface area contributed by atoms with Gasteiger partial charge in [0.15, 0.2) is 0 Å². The van der Waals surface area contributed by atoms with Crippen molar-refractivity contribution in [2.24, 2.45) is 0 Å². The van der Waals surface area contributed by atoms with Crippen LogP contribution < -0.4 is 0 Å². The Bertz CT molecular complexity index is 780. The molecule has 1 N–H and O–H groups in total. The summed E-state index contributed by atoms with van der Waals surface area (Å²) in [5.74, 6) is -2.76. The first-order valence-corrected chi connectivity index (χ1v) is 9.51. The Kier molecular flexibility index (Phi) is 7.82. The lowest BCUT2D eigenvalue weighted by Gasteiger charge is -2.47. The number of likely N-dealkylation sites (tertiary alicyclic amines) is 1. The number of piperidine rings is 1. The normalized spacial score (nSPS) is 18.3. The summed E-state index contributed by atoms with van der Waals surface area (Å²) in [6.45, 7) is 2.48. The minimum Gasteiger partial charge on any atom is -0.475 e. The smallest absolute Gasteiger partial charge is 0.475 e. The molecule has 31 heavy (non-hydrogen) atoms. The van der Waals surface area contributed by atoms with Crippen LogP contribution in [-0.4, -0.2) is 94.8 Å². The maximum atomic E-state index is 12.2. The number of urea groups is 1. The number of carbonyl (C=O) groups is 3. The molecule has 0 saturated carbocycles. The number of carbonyl (C=O) groups excluding carboxylic acids is 2. The Morgan fingerprint density at radius 1 is 1.26 bits per heavy atom. The second-order valence-electron chi connectivity index (χ2n) is 7.51. The number of hydrogen-bond acceptors (Lipinski definition) is 5. The van der Waals surface area contributed by atoms with E-state index in [0.717, 1.165) is 18.5 Å². The van der Waals surface area contributed by atoms with E-state index in [0.29, 0.717) is 26.2 Å². The zero-order valence-electron chi connectivity index (χ0n) is 17.3. The van der Waals surface area contributed by atoms with Crippen LogP contribution in [0.5, 0.6) is 0 Å². The van der Waals surface area contributed by atoms with Crippen LogP contribution in [0.1, 0.15) is 18.5 Å². The summed E-state index contributed by atoms with van der Waals surface area (Å²) in [6, 6.07) is 5.74. The lowest BCUT2D eigenvalue weighted by atomic mass is 9.89. The van der Waals surface area contributed by atoms with Crippen molar-refractivity contribution in [1.29, 1.82) is 0 Å². The first-order valence-electron chi connectivity index (χ1n) is 9.51. The van der Waals surface area contributed by atoms with Crippen LogP contribution in [0, 0.1) is 0 Å². The van der Waals surface area contributed by atoms with Crippen LogP contribution >= 0.6 is 0 Å². The van der Waals surface area contributed by atoms with Crippen molar-refractivity contribution in [2.75, 3.05) is 40.3 Å². The third-order valence-electron chi connectivity index (χ3n) is 4.98. The predicted molar refractivity (Wildman–Crippen MR) is 102 cm³/mol. The summed E-state index contributed by atoms with van der Waals surface area (Å²) >= 11 is 0. The van der Waals surface area contributed by atoms with Crippen LogP contribution in [-0.2, 0) is 20.9 Å². The standard InChI is InChI=1S/C17H24N4O3.C2HF3O2/c1-19(2)16(23)20-9-6-17(7-10-20)13-21(15(22)12-24-17)11-14-5-3-4-8-18-14;3-2(4,5)1(6)7/h3-5,8H,6-7,9-13H2,1-2H3;(H,6,7). The molecule has 3 rings (SSSR count). The van der Waals surface area contributed by atoms with Gasteiger partial charge < -0.3 is 24.5 Å². The molecule has 2 saturated heterocycles. The number of carboxylic acids is 1. The van der Waals surface area contributed by atoms with Gasteiger partial charge in [0.25, 0.3) is 0 Å². The molecule has 3 heterocycles. The van der Waals surface area contributed by atoms with Gasteiger partial charge in [0.2, 0.25) is 5.91 Å². The quantitative estimate of drug-likeness (QED) is 0.740. The number of amides is 3. The Morgan fingerprint density at radius 3 is 2.35 bits per heavy atom. The van der Waals surface area contributed by atoms with E-state index >= 15 is 0 Å². The highest BCUT2D eigenvalue weighted by atomic mass is 19.4. The molecule has 1 spiro atoms. The minimum absolute atomic E-state index is 0.00178. The molecular formula is C19H25F3N4O5. The first kappa shape index (κ1) is 24.4. The summed E-state index contributed by atoms with van der Waals surface area (Å²) in [5, 5.41) is 7.12. The summed E-state index contributed by atoms with van der Waals surface area (Å²) in [6.07, 6.45) is -1.85. The second kappa shape index (κ2) is 9.94. The van der Waals surface area contributed by atoms with Gasteiger partial charge in [-0.2, -0.15) is 13.2 Å². The molecule has 2 aliphatic rings. The average molecular weight is 446 g/mol. The molecule has 0 atom stereocenters. The molecular weight excluding hydrogens is 421 g/mol. The number of morpholine rings is 1. The van der Waals surface area contributed by atoms with Gasteiger partial charge >= 0.3 is 18.2 Å². The maximum Gasteiger partial charge on any atom is 0.490 e. The van der Waals surface area contributed by atoms with E-state index in [1.54, 1.807) is 25.2 Å². The number of pyridine rings is 1. The molecule has 0 bridgehead atoms. The molecule has 3 amide bonds. The molecule has 2 aliphatic heterocycles. The zero-order chi connectivity index (χ0) is 23.2. The van der Waals surface area contributed by atoms with Gasteiger partial charge in [0.1, 0.15) is 6.61 Å². The topological polar surface area (TPSA) is 103 Å². The fraction of sp³-hybridized carbons (Fsp3) is 0.579. The van der Waals surface area contributed by atoms with E-state index < -0.39 is 12.1 Å². The molecule has 0 aromatic carbocycles. The van der Waals surface area contributed by atoms with E-state index in [2.05, 4.69) is 4.98 Å². The highest BCUT2D eigenvalue weighted by molar-refractivity contribution is 5.78. The van der Waals surface area contributed by atoms with Crippen LogP contribution in [0.15, 0.2) is 24.4 Å². The molecule has 172 valence electrons. The Balaban J connectivity index is 0.000000423. The molecule has 1 aromatic rings. The van der Waals surface area contributed by atoms with E-state index in [9.17, 15) is 22.8 Å². The molecule has 12 heteroatoms. The van der Waals surface area contributed by atoms with E-state index in [1.807, 2.05) is 28.0 Å². The first-order chi connectivity index (χ1) is 14.4. The number of ether oxygens (including phenoxy) is 1. The third-order valence-corrected chi connectivity index (χ3v) is 4.98. The van der Waals surface area contributed by atoms with Gasteiger partial charge in [-0.1, -0.05) is 6.07 Å². The number of rotatable bonds is 2. The van der Waals surface area contributed by atoms with Crippen LogP contribution in [0.2, 0.25) is 0 Å². The minimum atomic E-state index is -5.08. The molecule has 0 radical (unpaired) electrons. The van der Waals surface area contributed by atoms with Gasteiger partial charge in [-0.3, -0.25) is 9.78 Å². The van der Waals surface area contributed by atoms with Crippen LogP contribution in [0.3, 0.4) is 0 Å². The largest absolute Gasteiger partial charge is 0.490 e. The average Bonchev–Trinajstić information content (AvgIpc) is 2.71. The van der Waals surface area contributed by atoms with Crippen molar-refractivity contribution in [1.82, 2.24) is 19.7 Å². The van der Waals surface area contributed by atoms with Gasteiger partial charge in [-0.15, -0.1) is 0 Å². The SMILES string of the molecule is CN(C)C(=O)N1CCC2(CC1)CN(Cc1ccccn1)C(=O)CO2.O=C(O)C(F)(F)F. The zero-order valence-corrected chi connectivity index (χ0v) is 17.3. The number of carboxylic acid groups (broad SMARTS) is 1. The summed E-state index contributed by atoms with van der Waals surface area (Å²) < 4.78 is 37.6. The van der Waals surface area contributed by atoms with Crippen LogP contribution in [0.4, 0.5) is 18.0 Å². The van der Waals surface area contributed by atoms with E-state index in [1.165, 1.54) is 0 Å². The molecule has 0 aliphatic carbocycles. The lowest BCUT2D eigenvalue weighted by molar-refractivity contribution is -0.192. The number of alkyl halides is 3. The fourth-order valence-corrected chi connectivity index (χ4v) is 3.31. The molecule has 2 fully saturated rings. The number of nitrogens with zero attached hydrogens (tertiary/aromatic N) is 4. The van der Waals surface area contributed by atoms with Gasteiger partial charge in [0.05, 0.1) is 24.4 Å². The molecule has 1 aromatic heterocycles. The summed E-state index contributed by atoms with van der Waals surface area (Å²) in [7, 11) is 3.52. The Hall–Kier alpha value is -2.89. The summed E-state index contributed by atoms with van der Waals surface area (Å²) in [5.41, 5.74) is 0.536. The van der Waals surface area contributed by atoms with Crippen molar-refractivity contribution in [2.45, 2.75) is 31.2 Å². The van der Waals surface area contributed by atoms with Gasteiger partial charge in [-0.05, 0) is 25.0 Å². The molecule has 0 unspecified atom stereocenters. The van der Waals surface area contributed by atoms with Gasteiger partial charge in [0, 0.05) is 33.4 Å². The van der Waals surface area contributed by atoms with Crippen molar-refractivity contribution in [3.8, 4) is 0 Å². The highest BCUT2D eigenvalue weighted by Crippen LogP contribution is 2.31. The monoisotopic (exact) mass is 446 g/mol. The number of aliphatic carboxylic acids is 1. The molecule has 9 nitrogen and oxygen atoms in total. The van der Waals surface area contributed by atoms with Crippen molar-refractivity contribution < 1.29 is 37.4 Å². The number of aromatic nitrogens is 1. The van der Waals surface area contributed by atoms with Crippen molar-refractivity contribution >= 4 is 17.9 Å². The van der Waals surface area contributed by atoms with E-state index in [4.69, 9.17) is 14.6 Å². The lowest BCUT2D eigenvalue weighted by Crippen LogP contribution is -2.59. The fourth-order valence-electron chi connectivity index (χ4n) is 3.31. The van der Waals surface area contributed by atoms with Crippen molar-refractivity contribution in [3.63, 3.8) is 0 Å². The van der Waals surface area contributed by atoms with E-state index in [-0.39, 0.29) is 24.1 Å². The summed E-state index contributed by atoms with van der Waals surface area (Å²) in [4.78, 5) is 42.7. The van der Waals surface area contributed by atoms with Crippen molar-refractivity contribution in [3.05, 3.63) is 30.1 Å². The predicted octanol–water partition coefficient (Wildman–Crippen LogP) is 1.59. The number of hydrogen-bond donors (Lipinski definition) is 1. The second-order valence-corrected chi connectivity index (χ2v) is 7.51. The Labute approximate surface area is 177 Å². The van der Waals surface area contributed by atoms with Gasteiger partial charge in [-0.25, -0.2) is 9.59 Å². The third kappa shape index (κ3) is 6.81. The number of halogens is 3. The highest BCUT2D eigenvalue weighted by Gasteiger charge is 2.43. The Morgan fingerprint density at radius 2 is 1.87 bits per heavy atom. The maximum absolute atomic E-state index is 12.2.